The smallest absolute Gasteiger partial charge is 0.106 e. The van der Waals surface area contributed by atoms with Crippen molar-refractivity contribution in [3.63, 3.8) is 0 Å². The third-order valence-corrected chi connectivity index (χ3v) is 2.47. The molecule has 13 heavy (non-hydrogen) atoms. The lowest BCUT2D eigenvalue weighted by molar-refractivity contribution is 0.555. The molecule has 0 bridgehead atoms. The van der Waals surface area contributed by atoms with Gasteiger partial charge in [0.25, 0.3) is 0 Å². The maximum absolute atomic E-state index is 4.10. The Kier molecular flexibility index (Phi) is 4.43. The highest BCUT2D eigenvalue weighted by molar-refractivity contribution is 9.10. The number of hydrogen-bond donors (Lipinski definition) is 0. The van der Waals surface area contributed by atoms with Gasteiger partial charge in [0.1, 0.15) is 4.60 Å². The second kappa shape index (κ2) is 5.38. The number of aromatic nitrogens is 1. The van der Waals surface area contributed by atoms with Gasteiger partial charge in [0.2, 0.25) is 0 Å². The molecule has 0 aromatic carbocycles. The van der Waals surface area contributed by atoms with Gasteiger partial charge < -0.3 is 0 Å². The van der Waals surface area contributed by atoms with Crippen molar-refractivity contribution in [2.45, 2.75) is 33.1 Å². The average Bonchev–Trinajstić information content (AvgIpc) is 2.03. The van der Waals surface area contributed by atoms with Gasteiger partial charge in [-0.25, -0.2) is 4.98 Å². The van der Waals surface area contributed by atoms with Crippen molar-refractivity contribution in [2.24, 2.45) is 5.92 Å². The van der Waals surface area contributed by atoms with Crippen LogP contribution in [0.25, 0.3) is 0 Å². The summed E-state index contributed by atoms with van der Waals surface area (Å²) < 4.78 is 0.939. The van der Waals surface area contributed by atoms with Gasteiger partial charge >= 0.3 is 0 Å². The molecule has 72 valence electrons. The van der Waals surface area contributed by atoms with Gasteiger partial charge in [-0.1, -0.05) is 20.3 Å². The van der Waals surface area contributed by atoms with Gasteiger partial charge in [-0.2, -0.15) is 0 Å². The van der Waals surface area contributed by atoms with Crippen LogP contribution in [0.15, 0.2) is 22.9 Å². The van der Waals surface area contributed by atoms with Crippen molar-refractivity contribution in [2.75, 3.05) is 0 Å². The van der Waals surface area contributed by atoms with Crippen LogP contribution in [0.1, 0.15) is 32.3 Å². The first-order valence-corrected chi connectivity index (χ1v) is 5.58. The summed E-state index contributed by atoms with van der Waals surface area (Å²) in [6.45, 7) is 4.53. The number of hydrogen-bond acceptors (Lipinski definition) is 1. The SMILES string of the molecule is CC(C)CCCc1ccnc(Br)c1. The Hall–Kier alpha value is -0.370. The molecule has 0 radical (unpaired) electrons. The highest BCUT2D eigenvalue weighted by atomic mass is 79.9. The van der Waals surface area contributed by atoms with E-state index < -0.39 is 0 Å². The Morgan fingerprint density at radius 3 is 2.85 bits per heavy atom. The fourth-order valence-electron chi connectivity index (χ4n) is 1.31. The van der Waals surface area contributed by atoms with E-state index in [0.29, 0.717) is 0 Å². The summed E-state index contributed by atoms with van der Waals surface area (Å²) in [5, 5.41) is 0. The van der Waals surface area contributed by atoms with Crippen LogP contribution in [-0.2, 0) is 6.42 Å². The van der Waals surface area contributed by atoms with Gasteiger partial charge in [-0.15, -0.1) is 0 Å². The van der Waals surface area contributed by atoms with Crippen molar-refractivity contribution in [1.29, 1.82) is 0 Å². The predicted molar refractivity (Wildman–Crippen MR) is 59.7 cm³/mol. The molecular formula is C11H16BrN. The van der Waals surface area contributed by atoms with E-state index in [0.717, 1.165) is 10.5 Å². The molecule has 0 saturated carbocycles. The minimum absolute atomic E-state index is 0.810. The third kappa shape index (κ3) is 4.41. The molecule has 1 nitrogen and oxygen atoms in total. The van der Waals surface area contributed by atoms with E-state index in [1.807, 2.05) is 6.20 Å². The molecule has 0 aliphatic heterocycles. The van der Waals surface area contributed by atoms with E-state index in [1.165, 1.54) is 24.8 Å². The van der Waals surface area contributed by atoms with E-state index >= 15 is 0 Å². The maximum Gasteiger partial charge on any atom is 0.106 e. The Labute approximate surface area is 88.7 Å². The van der Waals surface area contributed by atoms with E-state index in [-0.39, 0.29) is 0 Å². The Morgan fingerprint density at radius 1 is 1.46 bits per heavy atom. The van der Waals surface area contributed by atoms with Crippen LogP contribution in [0.2, 0.25) is 0 Å². The Balaban J connectivity index is 2.37. The molecule has 1 aromatic heterocycles. The summed E-state index contributed by atoms with van der Waals surface area (Å²) in [5.74, 6) is 0.810. The number of rotatable bonds is 4. The van der Waals surface area contributed by atoms with Crippen LogP contribution in [0.3, 0.4) is 0 Å². The molecule has 0 aliphatic carbocycles. The standard InChI is InChI=1S/C11H16BrN/c1-9(2)4-3-5-10-6-7-13-11(12)8-10/h6-9H,3-5H2,1-2H3. The van der Waals surface area contributed by atoms with Crippen molar-refractivity contribution >= 4 is 15.9 Å². The monoisotopic (exact) mass is 241 g/mol. The lowest BCUT2D eigenvalue weighted by Crippen LogP contribution is -1.91. The van der Waals surface area contributed by atoms with Gasteiger partial charge in [0.05, 0.1) is 0 Å². The normalized spacial score (nSPS) is 10.8. The van der Waals surface area contributed by atoms with Crippen molar-refractivity contribution in [3.05, 3.63) is 28.5 Å². The Morgan fingerprint density at radius 2 is 2.23 bits per heavy atom. The first kappa shape index (κ1) is 10.7. The van der Waals surface area contributed by atoms with Crippen LogP contribution < -0.4 is 0 Å². The zero-order valence-corrected chi connectivity index (χ0v) is 9.84. The predicted octanol–water partition coefficient (Wildman–Crippen LogP) is 3.82. The summed E-state index contributed by atoms with van der Waals surface area (Å²) in [5.41, 5.74) is 1.38. The van der Waals surface area contributed by atoms with Crippen LogP contribution in [0.4, 0.5) is 0 Å². The summed E-state index contributed by atoms with van der Waals surface area (Å²) in [6, 6.07) is 4.19. The molecule has 2 heteroatoms. The molecule has 0 unspecified atom stereocenters. The maximum atomic E-state index is 4.10. The first-order chi connectivity index (χ1) is 6.18. The minimum atomic E-state index is 0.810. The second-order valence-corrected chi connectivity index (χ2v) is 4.59. The molecule has 0 aliphatic rings. The van der Waals surface area contributed by atoms with Gasteiger partial charge in [0, 0.05) is 6.20 Å². The quantitative estimate of drug-likeness (QED) is 0.731. The van der Waals surface area contributed by atoms with E-state index in [9.17, 15) is 0 Å². The van der Waals surface area contributed by atoms with Gasteiger partial charge in [-0.3, -0.25) is 0 Å². The van der Waals surface area contributed by atoms with Gasteiger partial charge in [-0.05, 0) is 52.4 Å². The lowest BCUT2D eigenvalue weighted by atomic mass is 10.0. The van der Waals surface area contributed by atoms with Crippen LogP contribution in [0, 0.1) is 5.92 Å². The number of halogens is 1. The zero-order chi connectivity index (χ0) is 9.68. The lowest BCUT2D eigenvalue weighted by Gasteiger charge is -2.04. The molecule has 0 atom stereocenters. The molecule has 1 rings (SSSR count). The highest BCUT2D eigenvalue weighted by Gasteiger charge is 1.97. The van der Waals surface area contributed by atoms with Gasteiger partial charge in [0.15, 0.2) is 0 Å². The number of aryl methyl sites for hydroxylation is 1. The topological polar surface area (TPSA) is 12.9 Å². The fraction of sp³-hybridized carbons (Fsp3) is 0.545. The minimum Gasteiger partial charge on any atom is -0.249 e. The van der Waals surface area contributed by atoms with Crippen LogP contribution in [-0.4, -0.2) is 4.98 Å². The molecule has 0 saturated heterocycles. The molecule has 1 heterocycles. The average molecular weight is 242 g/mol. The summed E-state index contributed by atoms with van der Waals surface area (Å²) >= 11 is 3.37. The fourth-order valence-corrected chi connectivity index (χ4v) is 1.72. The number of pyridine rings is 1. The molecule has 1 aromatic rings. The molecule has 0 fully saturated rings. The van der Waals surface area contributed by atoms with E-state index in [4.69, 9.17) is 0 Å². The molecule has 0 spiro atoms. The van der Waals surface area contributed by atoms with Crippen LogP contribution >= 0.6 is 15.9 Å². The molecule has 0 N–H and O–H groups in total. The summed E-state index contributed by atoms with van der Waals surface area (Å²) in [6.07, 6.45) is 5.60. The first-order valence-electron chi connectivity index (χ1n) is 4.79. The van der Waals surface area contributed by atoms with Crippen molar-refractivity contribution < 1.29 is 0 Å². The Bertz CT molecular complexity index is 258. The second-order valence-electron chi connectivity index (χ2n) is 3.77. The summed E-state index contributed by atoms with van der Waals surface area (Å²) in [7, 11) is 0. The van der Waals surface area contributed by atoms with E-state index in [2.05, 4.69) is 46.9 Å². The van der Waals surface area contributed by atoms with Crippen molar-refractivity contribution in [3.8, 4) is 0 Å². The van der Waals surface area contributed by atoms with Crippen molar-refractivity contribution in [1.82, 2.24) is 4.98 Å². The van der Waals surface area contributed by atoms with E-state index in [1.54, 1.807) is 0 Å². The zero-order valence-electron chi connectivity index (χ0n) is 8.26. The summed E-state index contributed by atoms with van der Waals surface area (Å²) in [4.78, 5) is 4.10. The third-order valence-electron chi connectivity index (χ3n) is 2.04. The molecule has 0 amide bonds. The number of nitrogens with zero attached hydrogens (tertiary/aromatic N) is 1. The molecular weight excluding hydrogens is 226 g/mol. The highest BCUT2D eigenvalue weighted by Crippen LogP contribution is 2.12. The largest absolute Gasteiger partial charge is 0.249 e. The van der Waals surface area contributed by atoms with Crippen LogP contribution in [0.5, 0.6) is 0 Å².